The SMILES string of the molecule is COc1ccccc1CCNC(=O)COC(=O)CN1C(=O)C(=O)c2ccccc21. The van der Waals surface area contributed by atoms with Crippen LogP contribution < -0.4 is 15.0 Å². The number of nitrogens with one attached hydrogen (secondary N) is 1. The molecule has 0 aromatic heterocycles. The maximum Gasteiger partial charge on any atom is 0.326 e. The number of rotatable bonds is 8. The van der Waals surface area contributed by atoms with Crippen LogP contribution in [-0.2, 0) is 25.5 Å². The van der Waals surface area contributed by atoms with Crippen LogP contribution in [0.2, 0.25) is 0 Å². The van der Waals surface area contributed by atoms with Gasteiger partial charge in [0.05, 0.1) is 18.4 Å². The number of fused-ring (bicyclic) bond motifs is 1. The molecule has 0 aliphatic carbocycles. The topological polar surface area (TPSA) is 102 Å². The lowest BCUT2D eigenvalue weighted by molar-refractivity contribution is -0.147. The van der Waals surface area contributed by atoms with Crippen molar-refractivity contribution in [3.8, 4) is 5.75 Å². The highest BCUT2D eigenvalue weighted by atomic mass is 16.5. The van der Waals surface area contributed by atoms with Gasteiger partial charge in [-0.2, -0.15) is 0 Å². The number of benzene rings is 2. The molecule has 0 saturated heterocycles. The van der Waals surface area contributed by atoms with Crippen molar-refractivity contribution in [1.29, 1.82) is 0 Å². The molecule has 2 aromatic rings. The number of hydrogen-bond acceptors (Lipinski definition) is 6. The maximum atomic E-state index is 12.0. The molecule has 0 atom stereocenters. The number of nitrogens with zero attached hydrogens (tertiary/aromatic N) is 1. The van der Waals surface area contributed by atoms with Crippen LogP contribution in [0.4, 0.5) is 5.69 Å². The van der Waals surface area contributed by atoms with Gasteiger partial charge in [-0.1, -0.05) is 30.3 Å². The normalized spacial score (nSPS) is 12.5. The fourth-order valence-corrected chi connectivity index (χ4v) is 3.02. The summed E-state index contributed by atoms with van der Waals surface area (Å²) in [4.78, 5) is 48.9. The number of ether oxygens (including phenoxy) is 2. The maximum absolute atomic E-state index is 12.0. The minimum absolute atomic E-state index is 0.249. The van der Waals surface area contributed by atoms with E-state index in [1.54, 1.807) is 25.3 Å². The van der Waals surface area contributed by atoms with E-state index in [2.05, 4.69) is 5.32 Å². The van der Waals surface area contributed by atoms with Crippen LogP contribution in [0, 0.1) is 0 Å². The molecule has 1 aliphatic heterocycles. The largest absolute Gasteiger partial charge is 0.496 e. The van der Waals surface area contributed by atoms with Gasteiger partial charge in [-0.15, -0.1) is 0 Å². The average molecular weight is 396 g/mol. The van der Waals surface area contributed by atoms with Crippen molar-refractivity contribution in [2.45, 2.75) is 6.42 Å². The first-order valence-corrected chi connectivity index (χ1v) is 9.00. The molecule has 1 heterocycles. The zero-order valence-electron chi connectivity index (χ0n) is 15.8. The highest BCUT2D eigenvalue weighted by Crippen LogP contribution is 2.28. The van der Waals surface area contributed by atoms with Gasteiger partial charge in [-0.25, -0.2) is 0 Å². The van der Waals surface area contributed by atoms with Crippen LogP contribution in [-0.4, -0.2) is 50.4 Å². The second-order valence-electron chi connectivity index (χ2n) is 6.31. The molecule has 8 nitrogen and oxygen atoms in total. The quantitative estimate of drug-likeness (QED) is 0.530. The molecule has 0 unspecified atom stereocenters. The highest BCUT2D eigenvalue weighted by Gasteiger charge is 2.36. The van der Waals surface area contributed by atoms with E-state index in [-0.39, 0.29) is 5.56 Å². The minimum Gasteiger partial charge on any atom is -0.496 e. The molecule has 150 valence electrons. The summed E-state index contributed by atoms with van der Waals surface area (Å²) in [6, 6.07) is 13.9. The van der Waals surface area contributed by atoms with Crippen molar-refractivity contribution < 1.29 is 28.7 Å². The second kappa shape index (κ2) is 9.01. The van der Waals surface area contributed by atoms with Crippen LogP contribution in [0.1, 0.15) is 15.9 Å². The van der Waals surface area contributed by atoms with Gasteiger partial charge in [-0.3, -0.25) is 24.1 Å². The number of hydrogen-bond donors (Lipinski definition) is 1. The molecule has 29 heavy (non-hydrogen) atoms. The van der Waals surface area contributed by atoms with Gasteiger partial charge in [-0.05, 0) is 30.2 Å². The Kier molecular flexibility index (Phi) is 6.23. The number of esters is 1. The first-order chi connectivity index (χ1) is 14.0. The lowest BCUT2D eigenvalue weighted by Crippen LogP contribution is -2.37. The van der Waals surface area contributed by atoms with Gasteiger partial charge >= 0.3 is 5.97 Å². The summed E-state index contributed by atoms with van der Waals surface area (Å²) in [7, 11) is 1.58. The van der Waals surface area contributed by atoms with E-state index >= 15 is 0 Å². The zero-order valence-corrected chi connectivity index (χ0v) is 15.8. The number of anilines is 1. The van der Waals surface area contributed by atoms with Gasteiger partial charge in [0.15, 0.2) is 6.61 Å². The highest BCUT2D eigenvalue weighted by molar-refractivity contribution is 6.52. The molecular formula is C21H20N2O6. The van der Waals surface area contributed by atoms with Crippen molar-refractivity contribution in [3.05, 3.63) is 59.7 Å². The summed E-state index contributed by atoms with van der Waals surface area (Å²) in [5.74, 6) is -1.95. The van der Waals surface area contributed by atoms with Crippen molar-refractivity contribution >= 4 is 29.3 Å². The Hall–Kier alpha value is -3.68. The zero-order chi connectivity index (χ0) is 20.8. The van der Waals surface area contributed by atoms with Crippen LogP contribution in [0.3, 0.4) is 0 Å². The summed E-state index contributed by atoms with van der Waals surface area (Å²) in [6.07, 6.45) is 0.560. The predicted octanol–water partition coefficient (Wildman–Crippen LogP) is 1.13. The minimum atomic E-state index is -0.788. The van der Waals surface area contributed by atoms with Crippen molar-refractivity contribution in [2.75, 3.05) is 31.7 Å². The van der Waals surface area contributed by atoms with Gasteiger partial charge in [0.2, 0.25) is 0 Å². The first-order valence-electron chi connectivity index (χ1n) is 9.00. The Morgan fingerprint density at radius 3 is 2.55 bits per heavy atom. The molecule has 0 saturated carbocycles. The van der Waals surface area contributed by atoms with Gasteiger partial charge in [0.25, 0.3) is 17.6 Å². The molecule has 2 amide bonds. The molecule has 8 heteroatoms. The fourth-order valence-electron chi connectivity index (χ4n) is 3.02. The molecule has 1 N–H and O–H groups in total. The van der Waals surface area contributed by atoms with E-state index in [9.17, 15) is 19.2 Å². The Balaban J connectivity index is 1.44. The van der Waals surface area contributed by atoms with E-state index in [0.717, 1.165) is 16.2 Å². The van der Waals surface area contributed by atoms with Crippen molar-refractivity contribution in [1.82, 2.24) is 5.32 Å². The Morgan fingerprint density at radius 2 is 1.76 bits per heavy atom. The Morgan fingerprint density at radius 1 is 1.03 bits per heavy atom. The van der Waals surface area contributed by atoms with Crippen LogP contribution in [0.25, 0.3) is 0 Å². The van der Waals surface area contributed by atoms with Crippen molar-refractivity contribution in [3.63, 3.8) is 0 Å². The molecule has 0 fully saturated rings. The standard InChI is InChI=1S/C21H20N2O6/c1-28-17-9-5-2-6-14(17)10-11-22-18(24)13-29-19(25)12-23-16-8-4-3-7-15(16)20(26)21(23)27/h2-9H,10-13H2,1H3,(H,22,24). The fraction of sp³-hybridized carbons (Fsp3) is 0.238. The van der Waals surface area contributed by atoms with E-state index in [4.69, 9.17) is 9.47 Å². The number of carbonyl (C=O) groups is 4. The summed E-state index contributed by atoms with van der Waals surface area (Å²) >= 11 is 0. The average Bonchev–Trinajstić information content (AvgIpc) is 2.98. The number of Topliss-reactive ketones (excluding diaryl/α,β-unsaturated/α-hetero) is 1. The molecule has 0 bridgehead atoms. The van der Waals surface area contributed by atoms with Gasteiger partial charge in [0.1, 0.15) is 12.3 Å². The molecule has 2 aromatic carbocycles. The molecule has 1 aliphatic rings. The second-order valence-corrected chi connectivity index (χ2v) is 6.31. The predicted molar refractivity (Wildman–Crippen MR) is 104 cm³/mol. The van der Waals surface area contributed by atoms with Crippen LogP contribution >= 0.6 is 0 Å². The Labute approximate surface area is 167 Å². The van der Waals surface area contributed by atoms with E-state index in [1.165, 1.54) is 6.07 Å². The lowest BCUT2D eigenvalue weighted by Gasteiger charge is -2.15. The number of methoxy groups -OCH3 is 1. The third-order valence-corrected chi connectivity index (χ3v) is 4.44. The van der Waals surface area contributed by atoms with E-state index in [0.29, 0.717) is 18.7 Å². The summed E-state index contributed by atoms with van der Waals surface area (Å²) in [6.45, 7) is -0.554. The van der Waals surface area contributed by atoms with Crippen LogP contribution in [0.15, 0.2) is 48.5 Å². The number of carbonyl (C=O) groups excluding carboxylic acids is 4. The van der Waals surface area contributed by atoms with E-state index in [1.807, 2.05) is 24.3 Å². The van der Waals surface area contributed by atoms with Gasteiger partial charge < -0.3 is 14.8 Å². The lowest BCUT2D eigenvalue weighted by atomic mass is 10.1. The number of amides is 2. The molecule has 0 spiro atoms. The Bertz CT molecular complexity index is 956. The van der Waals surface area contributed by atoms with Gasteiger partial charge in [0, 0.05) is 6.54 Å². The van der Waals surface area contributed by atoms with E-state index < -0.39 is 36.7 Å². The third-order valence-electron chi connectivity index (χ3n) is 4.44. The number of para-hydroxylation sites is 2. The molecule has 3 rings (SSSR count). The summed E-state index contributed by atoms with van der Waals surface area (Å²) < 4.78 is 10.2. The first kappa shape index (κ1) is 20.1. The summed E-state index contributed by atoms with van der Waals surface area (Å²) in [5.41, 5.74) is 1.56. The number of ketones is 1. The molecular weight excluding hydrogens is 376 g/mol. The summed E-state index contributed by atoms with van der Waals surface area (Å²) in [5, 5.41) is 2.66. The van der Waals surface area contributed by atoms with Crippen molar-refractivity contribution in [2.24, 2.45) is 0 Å². The van der Waals surface area contributed by atoms with Crippen LogP contribution in [0.5, 0.6) is 5.75 Å². The smallest absolute Gasteiger partial charge is 0.326 e. The third kappa shape index (κ3) is 4.60. The molecule has 0 radical (unpaired) electrons. The monoisotopic (exact) mass is 396 g/mol.